The van der Waals surface area contributed by atoms with Crippen molar-refractivity contribution in [3.05, 3.63) is 172 Å². The molecule has 0 bridgehead atoms. The van der Waals surface area contributed by atoms with Crippen LogP contribution in [0, 0.1) is 0 Å². The molecular weight excluding hydrogens is 716 g/mol. The number of benzene rings is 5. The van der Waals surface area contributed by atoms with Gasteiger partial charge in [0.15, 0.2) is 0 Å². The van der Waals surface area contributed by atoms with Crippen molar-refractivity contribution in [1.82, 2.24) is 0 Å². The molecule has 286 valence electrons. The highest BCUT2D eigenvalue weighted by Gasteiger charge is 2.49. The van der Waals surface area contributed by atoms with Gasteiger partial charge in [-0.1, -0.05) is 127 Å². The lowest BCUT2D eigenvalue weighted by Crippen LogP contribution is -2.58. The van der Waals surface area contributed by atoms with Gasteiger partial charge in [-0.2, -0.15) is 0 Å². The lowest BCUT2D eigenvalue weighted by Gasteiger charge is -2.46. The van der Waals surface area contributed by atoms with Gasteiger partial charge in [0.25, 0.3) is 0 Å². The van der Waals surface area contributed by atoms with Gasteiger partial charge in [-0.15, -0.1) is 0 Å². The van der Waals surface area contributed by atoms with Crippen molar-refractivity contribution in [2.75, 3.05) is 19.8 Å². The fourth-order valence-corrected chi connectivity index (χ4v) is 7.19. The average Bonchev–Trinajstić information content (AvgIpc) is 3.73. The van der Waals surface area contributed by atoms with Gasteiger partial charge in [0.1, 0.15) is 49.0 Å². The number of carbonyl (C=O) groups is 1. The highest BCUT2D eigenvalue weighted by atomic mass is 35.5. The summed E-state index contributed by atoms with van der Waals surface area (Å²) in [7, 11) is 0. The third kappa shape index (κ3) is 10.8. The zero-order valence-corrected chi connectivity index (χ0v) is 31.7. The molecule has 0 unspecified atom stereocenters. The van der Waals surface area contributed by atoms with Crippen molar-refractivity contribution in [3.63, 3.8) is 0 Å². The summed E-state index contributed by atoms with van der Waals surface area (Å²) in [6.07, 6.45) is -1.62. The number of carbonyl (C=O) groups excluding carboxylic acids is 1. The molecule has 0 aliphatic carbocycles. The number of esters is 1. The standard InChI is InChI=1S/C46H47ClO8/c1-32(48)50-31-42-44(51-27-34-11-5-2-6-12-34)46(53-29-36-15-9-4-10-16-36)45(52-28-35-13-7-3-8-14-35)43(55-42)37-19-22-41(47)38(26-37)25-33-17-20-39(21-18-33)54-40-23-24-49-30-40/h2-22,26,40,42-46H,23-25,27-31H2,1H3/t40-,42-,43+,44-,45+,46+/m1/s1. The summed E-state index contributed by atoms with van der Waals surface area (Å²) < 4.78 is 44.5. The van der Waals surface area contributed by atoms with Crippen LogP contribution in [0.3, 0.4) is 0 Å². The molecule has 2 aliphatic rings. The highest BCUT2D eigenvalue weighted by molar-refractivity contribution is 6.31. The summed E-state index contributed by atoms with van der Waals surface area (Å²) >= 11 is 6.88. The molecule has 0 radical (unpaired) electrons. The molecule has 0 spiro atoms. The maximum Gasteiger partial charge on any atom is 0.302 e. The molecular formula is C46H47ClO8. The average molecular weight is 763 g/mol. The third-order valence-electron chi connectivity index (χ3n) is 9.85. The van der Waals surface area contributed by atoms with Crippen molar-refractivity contribution in [1.29, 1.82) is 0 Å². The monoisotopic (exact) mass is 762 g/mol. The summed E-state index contributed by atoms with van der Waals surface area (Å²) in [6, 6.07) is 44.0. The molecule has 0 amide bonds. The Bertz CT molecular complexity index is 1920. The van der Waals surface area contributed by atoms with E-state index < -0.39 is 36.5 Å². The Balaban J connectivity index is 1.21. The summed E-state index contributed by atoms with van der Waals surface area (Å²) in [5.74, 6) is 0.408. The van der Waals surface area contributed by atoms with Gasteiger partial charge >= 0.3 is 5.97 Å². The zero-order valence-electron chi connectivity index (χ0n) is 31.0. The maximum atomic E-state index is 12.2. The van der Waals surface area contributed by atoms with Crippen LogP contribution in [0.5, 0.6) is 5.75 Å². The van der Waals surface area contributed by atoms with Crippen molar-refractivity contribution >= 4 is 17.6 Å². The fourth-order valence-electron chi connectivity index (χ4n) is 7.00. The summed E-state index contributed by atoms with van der Waals surface area (Å²) in [4.78, 5) is 12.2. The van der Waals surface area contributed by atoms with E-state index in [4.69, 9.17) is 44.8 Å². The molecule has 2 aliphatic heterocycles. The van der Waals surface area contributed by atoms with E-state index in [1.165, 1.54) is 6.92 Å². The summed E-state index contributed by atoms with van der Waals surface area (Å²) in [5.41, 5.74) is 5.89. The largest absolute Gasteiger partial charge is 0.488 e. The van der Waals surface area contributed by atoms with Gasteiger partial charge in [0, 0.05) is 18.4 Å². The Morgan fingerprint density at radius 1 is 0.691 bits per heavy atom. The van der Waals surface area contributed by atoms with Crippen LogP contribution in [0.25, 0.3) is 0 Å². The SMILES string of the molecule is CC(=O)OC[C@H]1O[C@@H](c2ccc(Cl)c(Cc3ccc(O[C@@H]4CCOC4)cc3)c2)[C@H](OCc2ccccc2)[C@@H](OCc2ccccc2)[C@@H]1OCc1ccccc1. The smallest absolute Gasteiger partial charge is 0.302 e. The van der Waals surface area contributed by atoms with Crippen LogP contribution in [-0.2, 0) is 59.5 Å². The normalized spacial score (nSPS) is 22.3. The van der Waals surface area contributed by atoms with E-state index in [9.17, 15) is 4.79 Å². The van der Waals surface area contributed by atoms with Crippen LogP contribution in [0.15, 0.2) is 133 Å². The van der Waals surface area contributed by atoms with E-state index in [1.807, 2.05) is 115 Å². The van der Waals surface area contributed by atoms with Crippen molar-refractivity contribution in [3.8, 4) is 5.75 Å². The minimum Gasteiger partial charge on any atom is -0.488 e. The number of hydrogen-bond donors (Lipinski definition) is 0. The van der Waals surface area contributed by atoms with E-state index in [1.54, 1.807) is 0 Å². The minimum atomic E-state index is -0.674. The molecule has 2 fully saturated rings. The number of rotatable bonds is 16. The Morgan fingerprint density at radius 3 is 1.84 bits per heavy atom. The molecule has 7 rings (SSSR count). The predicted molar refractivity (Wildman–Crippen MR) is 210 cm³/mol. The van der Waals surface area contributed by atoms with Gasteiger partial charge < -0.3 is 33.2 Å². The molecule has 5 aromatic carbocycles. The topological polar surface area (TPSA) is 81.7 Å². The molecule has 55 heavy (non-hydrogen) atoms. The second-order valence-corrected chi connectivity index (χ2v) is 14.4. The second-order valence-electron chi connectivity index (χ2n) is 14.0. The Kier molecular flexibility index (Phi) is 13.6. The Hall–Kier alpha value is -4.54. The fraction of sp³-hybridized carbons (Fsp3) is 0.326. The van der Waals surface area contributed by atoms with Gasteiger partial charge in [0.05, 0.1) is 33.0 Å². The van der Waals surface area contributed by atoms with Gasteiger partial charge in [-0.05, 0) is 58.0 Å². The van der Waals surface area contributed by atoms with Crippen LogP contribution in [0.2, 0.25) is 5.02 Å². The van der Waals surface area contributed by atoms with E-state index in [-0.39, 0.29) is 12.7 Å². The lowest BCUT2D eigenvalue weighted by molar-refractivity contribution is -0.273. The molecule has 0 aromatic heterocycles. The number of halogens is 1. The zero-order chi connectivity index (χ0) is 37.8. The van der Waals surface area contributed by atoms with E-state index in [0.717, 1.165) is 52.2 Å². The van der Waals surface area contributed by atoms with Crippen molar-refractivity contribution in [2.45, 2.75) is 76.2 Å². The van der Waals surface area contributed by atoms with E-state index >= 15 is 0 Å². The maximum absolute atomic E-state index is 12.2. The first kappa shape index (κ1) is 38.7. The van der Waals surface area contributed by atoms with Crippen LogP contribution < -0.4 is 4.74 Å². The van der Waals surface area contributed by atoms with E-state index in [0.29, 0.717) is 37.9 Å². The van der Waals surface area contributed by atoms with Crippen LogP contribution in [0.1, 0.15) is 52.8 Å². The van der Waals surface area contributed by atoms with Gasteiger partial charge in [-0.25, -0.2) is 0 Å². The van der Waals surface area contributed by atoms with Crippen molar-refractivity contribution in [2.24, 2.45) is 0 Å². The Labute approximate surface area is 328 Å². The second kappa shape index (κ2) is 19.4. The molecule has 9 heteroatoms. The minimum absolute atomic E-state index is 0.0241. The van der Waals surface area contributed by atoms with Crippen molar-refractivity contribution < 1.29 is 38.0 Å². The van der Waals surface area contributed by atoms with Crippen LogP contribution >= 0.6 is 11.6 Å². The lowest BCUT2D eigenvalue weighted by atomic mass is 9.89. The van der Waals surface area contributed by atoms with Crippen LogP contribution in [0.4, 0.5) is 0 Å². The summed E-state index contributed by atoms with van der Waals surface area (Å²) in [5, 5.41) is 0.641. The Morgan fingerprint density at radius 2 is 1.27 bits per heavy atom. The molecule has 0 saturated carbocycles. The third-order valence-corrected chi connectivity index (χ3v) is 10.2. The van der Waals surface area contributed by atoms with E-state index in [2.05, 4.69) is 18.2 Å². The molecule has 0 N–H and O–H groups in total. The first-order valence-electron chi connectivity index (χ1n) is 18.9. The number of hydrogen-bond acceptors (Lipinski definition) is 8. The molecule has 2 heterocycles. The molecule has 2 saturated heterocycles. The highest BCUT2D eigenvalue weighted by Crippen LogP contribution is 2.40. The number of ether oxygens (including phenoxy) is 7. The first-order valence-corrected chi connectivity index (χ1v) is 19.2. The summed E-state index contributed by atoms with van der Waals surface area (Å²) in [6.45, 7) is 3.64. The molecule has 8 nitrogen and oxygen atoms in total. The molecule has 6 atom stereocenters. The first-order chi connectivity index (χ1) is 27.0. The predicted octanol–water partition coefficient (Wildman–Crippen LogP) is 8.86. The van der Waals surface area contributed by atoms with Crippen LogP contribution in [-0.4, -0.2) is 56.3 Å². The van der Waals surface area contributed by atoms with Gasteiger partial charge in [0.2, 0.25) is 0 Å². The van der Waals surface area contributed by atoms with Gasteiger partial charge in [-0.3, -0.25) is 4.79 Å². The quantitative estimate of drug-likeness (QED) is 0.0923. The molecule has 5 aromatic rings.